The van der Waals surface area contributed by atoms with Crippen LogP contribution in [-0.2, 0) is 25.9 Å². The van der Waals surface area contributed by atoms with Crippen LogP contribution in [0.15, 0.2) is 17.5 Å². The third-order valence-electron chi connectivity index (χ3n) is 3.31. The van der Waals surface area contributed by atoms with E-state index in [-0.39, 0.29) is 0 Å². The van der Waals surface area contributed by atoms with Gasteiger partial charge in [0.05, 0.1) is 5.69 Å². The Labute approximate surface area is 105 Å². The Morgan fingerprint density at radius 2 is 2.24 bits per heavy atom. The number of hydrogen-bond acceptors (Lipinski definition) is 3. The van der Waals surface area contributed by atoms with E-state index < -0.39 is 0 Å². The second-order valence-electron chi connectivity index (χ2n) is 4.52. The maximum Gasteiger partial charge on any atom is 0.0794 e. The van der Waals surface area contributed by atoms with Gasteiger partial charge < -0.3 is 5.32 Å². The van der Waals surface area contributed by atoms with Gasteiger partial charge in [-0.25, -0.2) is 0 Å². The molecule has 90 valence electrons. The van der Waals surface area contributed by atoms with Crippen molar-refractivity contribution in [1.29, 1.82) is 0 Å². The van der Waals surface area contributed by atoms with Crippen molar-refractivity contribution in [2.24, 2.45) is 0 Å². The van der Waals surface area contributed by atoms with Crippen molar-refractivity contribution in [3.63, 3.8) is 0 Å². The van der Waals surface area contributed by atoms with Crippen LogP contribution >= 0.6 is 11.3 Å². The largest absolute Gasteiger partial charge is 0.306 e. The summed E-state index contributed by atoms with van der Waals surface area (Å²) in [7, 11) is 0. The number of aromatic nitrogens is 2. The lowest BCUT2D eigenvalue weighted by atomic mass is 9.96. The fraction of sp³-hybridized carbons (Fsp3) is 0.462. The van der Waals surface area contributed by atoms with Crippen molar-refractivity contribution < 1.29 is 0 Å². The van der Waals surface area contributed by atoms with Crippen molar-refractivity contribution in [2.45, 2.75) is 38.8 Å². The number of thiophene rings is 1. The minimum absolute atomic E-state index is 0.879. The summed E-state index contributed by atoms with van der Waals surface area (Å²) in [4.78, 5) is 1.38. The standard InChI is InChI=1S/C13H17N3S/c1-2-6-12-11(5-1)13(16-15-12)9-14-8-10-4-3-7-17-10/h3-4,7,14H,1-2,5-6,8-9H2,(H,15,16). The van der Waals surface area contributed by atoms with Gasteiger partial charge in [-0.1, -0.05) is 6.07 Å². The van der Waals surface area contributed by atoms with Gasteiger partial charge in [-0.15, -0.1) is 11.3 Å². The second kappa shape index (κ2) is 5.02. The molecule has 0 saturated heterocycles. The number of rotatable bonds is 4. The molecular formula is C13H17N3S. The molecule has 2 heterocycles. The average molecular weight is 247 g/mol. The first kappa shape index (κ1) is 11.0. The Morgan fingerprint density at radius 3 is 3.12 bits per heavy atom. The molecule has 4 heteroatoms. The van der Waals surface area contributed by atoms with Gasteiger partial charge in [-0.05, 0) is 42.7 Å². The zero-order chi connectivity index (χ0) is 11.5. The lowest BCUT2D eigenvalue weighted by Crippen LogP contribution is -2.14. The molecule has 3 rings (SSSR count). The third kappa shape index (κ3) is 2.42. The quantitative estimate of drug-likeness (QED) is 0.872. The van der Waals surface area contributed by atoms with E-state index in [0.717, 1.165) is 13.1 Å². The zero-order valence-electron chi connectivity index (χ0n) is 9.83. The van der Waals surface area contributed by atoms with E-state index in [1.807, 2.05) is 0 Å². The van der Waals surface area contributed by atoms with Gasteiger partial charge in [0, 0.05) is 23.7 Å². The first-order chi connectivity index (χ1) is 8.43. The number of fused-ring (bicyclic) bond motifs is 1. The van der Waals surface area contributed by atoms with Gasteiger partial charge in [0.1, 0.15) is 0 Å². The SMILES string of the molecule is c1csc(CNCc2n[nH]c3c2CCCC3)c1. The molecule has 0 fully saturated rings. The lowest BCUT2D eigenvalue weighted by molar-refractivity contribution is 0.655. The fourth-order valence-corrected chi connectivity index (χ4v) is 3.09. The molecule has 0 aliphatic heterocycles. The molecule has 0 spiro atoms. The number of hydrogen-bond donors (Lipinski definition) is 2. The molecule has 0 bridgehead atoms. The Kier molecular flexibility index (Phi) is 3.25. The average Bonchev–Trinajstić information content (AvgIpc) is 2.99. The van der Waals surface area contributed by atoms with Crippen LogP contribution in [-0.4, -0.2) is 10.2 Å². The van der Waals surface area contributed by atoms with Gasteiger partial charge in [-0.3, -0.25) is 5.10 Å². The number of nitrogens with zero attached hydrogens (tertiary/aromatic N) is 1. The Morgan fingerprint density at radius 1 is 1.29 bits per heavy atom. The molecule has 0 aromatic carbocycles. The molecular weight excluding hydrogens is 230 g/mol. The van der Waals surface area contributed by atoms with Crippen LogP contribution in [0.5, 0.6) is 0 Å². The van der Waals surface area contributed by atoms with Crippen molar-refractivity contribution in [2.75, 3.05) is 0 Å². The molecule has 0 unspecified atom stereocenters. The first-order valence-corrected chi connectivity index (χ1v) is 7.09. The normalized spacial score (nSPS) is 14.8. The molecule has 0 saturated carbocycles. The highest BCUT2D eigenvalue weighted by molar-refractivity contribution is 7.09. The van der Waals surface area contributed by atoms with Gasteiger partial charge in [0.25, 0.3) is 0 Å². The molecule has 1 aliphatic rings. The van der Waals surface area contributed by atoms with Crippen LogP contribution in [0.4, 0.5) is 0 Å². The van der Waals surface area contributed by atoms with E-state index in [4.69, 9.17) is 0 Å². The maximum absolute atomic E-state index is 4.43. The molecule has 0 radical (unpaired) electrons. The third-order valence-corrected chi connectivity index (χ3v) is 4.19. The summed E-state index contributed by atoms with van der Waals surface area (Å²) in [5, 5.41) is 13.2. The van der Waals surface area contributed by atoms with E-state index in [9.17, 15) is 0 Å². The van der Waals surface area contributed by atoms with Crippen LogP contribution < -0.4 is 5.32 Å². The maximum atomic E-state index is 4.43. The summed E-state index contributed by atoms with van der Waals surface area (Å²) < 4.78 is 0. The lowest BCUT2D eigenvalue weighted by Gasteiger charge is -2.11. The van der Waals surface area contributed by atoms with E-state index in [2.05, 4.69) is 33.0 Å². The fourth-order valence-electron chi connectivity index (χ4n) is 2.41. The summed E-state index contributed by atoms with van der Waals surface area (Å²) in [6.07, 6.45) is 4.98. The summed E-state index contributed by atoms with van der Waals surface area (Å²) in [6, 6.07) is 4.26. The van der Waals surface area contributed by atoms with Crippen LogP contribution in [0.3, 0.4) is 0 Å². The van der Waals surface area contributed by atoms with Gasteiger partial charge in [-0.2, -0.15) is 5.10 Å². The minimum atomic E-state index is 0.879. The second-order valence-corrected chi connectivity index (χ2v) is 5.55. The Balaban J connectivity index is 1.60. The topological polar surface area (TPSA) is 40.7 Å². The van der Waals surface area contributed by atoms with Crippen LogP contribution in [0.1, 0.15) is 34.7 Å². The summed E-state index contributed by atoms with van der Waals surface area (Å²) >= 11 is 1.80. The predicted molar refractivity (Wildman–Crippen MR) is 70.1 cm³/mol. The van der Waals surface area contributed by atoms with Gasteiger partial charge in [0.2, 0.25) is 0 Å². The van der Waals surface area contributed by atoms with Gasteiger partial charge >= 0.3 is 0 Å². The molecule has 3 nitrogen and oxygen atoms in total. The van der Waals surface area contributed by atoms with E-state index in [1.165, 1.54) is 47.5 Å². The Bertz CT molecular complexity index is 473. The predicted octanol–water partition coefficient (Wildman–Crippen LogP) is 2.64. The smallest absolute Gasteiger partial charge is 0.0794 e. The first-order valence-electron chi connectivity index (χ1n) is 6.21. The summed E-state index contributed by atoms with van der Waals surface area (Å²) in [5.74, 6) is 0. The highest BCUT2D eigenvalue weighted by atomic mass is 32.1. The molecule has 2 N–H and O–H groups in total. The summed E-state index contributed by atoms with van der Waals surface area (Å²) in [5.41, 5.74) is 4.05. The van der Waals surface area contributed by atoms with Crippen LogP contribution in [0, 0.1) is 0 Å². The van der Waals surface area contributed by atoms with Gasteiger partial charge in [0.15, 0.2) is 0 Å². The van der Waals surface area contributed by atoms with E-state index in [1.54, 1.807) is 11.3 Å². The van der Waals surface area contributed by atoms with Crippen molar-refractivity contribution in [1.82, 2.24) is 15.5 Å². The molecule has 2 aromatic rings. The number of aryl methyl sites for hydroxylation is 1. The van der Waals surface area contributed by atoms with Crippen molar-refractivity contribution in [3.05, 3.63) is 39.3 Å². The molecule has 2 aromatic heterocycles. The highest BCUT2D eigenvalue weighted by Gasteiger charge is 2.15. The Hall–Kier alpha value is -1.13. The number of aromatic amines is 1. The van der Waals surface area contributed by atoms with E-state index in [0.29, 0.717) is 0 Å². The molecule has 1 aliphatic carbocycles. The van der Waals surface area contributed by atoms with Crippen molar-refractivity contribution in [3.8, 4) is 0 Å². The number of H-pyrrole nitrogens is 1. The van der Waals surface area contributed by atoms with Crippen LogP contribution in [0.2, 0.25) is 0 Å². The number of nitrogens with one attached hydrogen (secondary N) is 2. The summed E-state index contributed by atoms with van der Waals surface area (Å²) in [6.45, 7) is 1.82. The highest BCUT2D eigenvalue weighted by Crippen LogP contribution is 2.22. The molecule has 17 heavy (non-hydrogen) atoms. The minimum Gasteiger partial charge on any atom is -0.306 e. The molecule has 0 amide bonds. The van der Waals surface area contributed by atoms with Crippen LogP contribution in [0.25, 0.3) is 0 Å². The van der Waals surface area contributed by atoms with E-state index >= 15 is 0 Å². The monoisotopic (exact) mass is 247 g/mol. The zero-order valence-corrected chi connectivity index (χ0v) is 10.6. The van der Waals surface area contributed by atoms with Crippen molar-refractivity contribution >= 4 is 11.3 Å². The molecule has 0 atom stereocenters.